The zero-order valence-corrected chi connectivity index (χ0v) is 19.7. The van der Waals surface area contributed by atoms with Crippen LogP contribution in [-0.4, -0.2) is 46.6 Å². The number of pyridine rings is 2. The highest BCUT2D eigenvalue weighted by molar-refractivity contribution is 9.10. The number of halogens is 1. The molecule has 1 aliphatic heterocycles. The lowest BCUT2D eigenvalue weighted by Crippen LogP contribution is -2.41. The van der Waals surface area contributed by atoms with E-state index in [0.717, 1.165) is 23.0 Å². The van der Waals surface area contributed by atoms with Crippen LogP contribution in [0.25, 0.3) is 0 Å². The van der Waals surface area contributed by atoms with Gasteiger partial charge in [0.15, 0.2) is 5.03 Å². The second kappa shape index (κ2) is 9.09. The minimum atomic E-state index is -3.92. The summed E-state index contributed by atoms with van der Waals surface area (Å²) in [6.45, 7) is 4.37. The van der Waals surface area contributed by atoms with Crippen LogP contribution in [-0.2, 0) is 10.0 Å². The van der Waals surface area contributed by atoms with Crippen molar-refractivity contribution in [3.05, 3.63) is 46.7 Å². The molecule has 0 bridgehead atoms. The Labute approximate surface area is 190 Å². The van der Waals surface area contributed by atoms with Gasteiger partial charge in [-0.2, -0.15) is 0 Å². The second-order valence-corrected chi connectivity index (χ2v) is 10.8. The Morgan fingerprint density at radius 1 is 1.39 bits per heavy atom. The third-order valence-corrected chi connectivity index (χ3v) is 6.78. The molecule has 3 rings (SSSR count). The fourth-order valence-corrected chi connectivity index (χ4v) is 4.77. The predicted molar refractivity (Wildman–Crippen MR) is 120 cm³/mol. The number of primary sulfonamides is 1. The number of aromatic nitrogens is 2. The van der Waals surface area contributed by atoms with Crippen molar-refractivity contribution in [3.8, 4) is 0 Å². The Kier molecular flexibility index (Phi) is 6.87. The number of carbonyl (C=O) groups is 1. The number of nitrogens with two attached hydrogens (primary N) is 1. The third-order valence-electron chi connectivity index (χ3n) is 5.50. The highest BCUT2D eigenvalue weighted by Crippen LogP contribution is 2.36. The lowest BCUT2D eigenvalue weighted by molar-refractivity contribution is 0.117. The molecule has 2 aromatic heterocycles. The van der Waals surface area contributed by atoms with E-state index in [1.54, 1.807) is 18.3 Å². The molecule has 0 aromatic carbocycles. The lowest BCUT2D eigenvalue weighted by Gasteiger charge is -2.28. The first-order valence-electron chi connectivity index (χ1n) is 9.84. The average molecular weight is 512 g/mol. The molecule has 1 fully saturated rings. The highest BCUT2D eigenvalue weighted by Gasteiger charge is 2.41. The molecule has 1 saturated heterocycles. The van der Waals surface area contributed by atoms with E-state index < -0.39 is 21.7 Å². The average Bonchev–Trinajstić information content (AvgIpc) is 3.00. The molecule has 0 spiro atoms. The molecule has 0 saturated carbocycles. The van der Waals surface area contributed by atoms with Crippen LogP contribution < -0.4 is 10.5 Å². The summed E-state index contributed by atoms with van der Waals surface area (Å²) in [5.74, 6) is 0.592. The van der Waals surface area contributed by atoms with Gasteiger partial charge in [0.05, 0.1) is 11.7 Å². The molecule has 2 atom stereocenters. The molecule has 1 amide bonds. The first-order chi connectivity index (χ1) is 14.5. The second-order valence-electron chi connectivity index (χ2n) is 8.36. The minimum absolute atomic E-state index is 0.213. The number of rotatable bonds is 7. The number of hydrogen-bond acceptors (Lipinski definition) is 6. The lowest BCUT2D eigenvalue weighted by atomic mass is 9.91. The Morgan fingerprint density at radius 2 is 2.13 bits per heavy atom. The maximum atomic E-state index is 11.6. The van der Waals surface area contributed by atoms with Gasteiger partial charge in [0, 0.05) is 22.8 Å². The van der Waals surface area contributed by atoms with Gasteiger partial charge in [-0.3, -0.25) is 4.98 Å². The normalized spacial score (nSPS) is 19.2. The molecule has 31 heavy (non-hydrogen) atoms. The van der Waals surface area contributed by atoms with Crippen molar-refractivity contribution in [2.24, 2.45) is 11.1 Å². The van der Waals surface area contributed by atoms with Gasteiger partial charge < -0.3 is 15.3 Å². The number of sulfonamides is 1. The van der Waals surface area contributed by atoms with E-state index in [4.69, 9.17) is 5.14 Å². The van der Waals surface area contributed by atoms with E-state index in [1.807, 2.05) is 26.0 Å². The number of hydrogen-bond donors (Lipinski definition) is 3. The largest absolute Gasteiger partial charge is 0.465 e. The standard InChI is InChI=1S/C20H26BrN5O4S/c1-20(2)10-13(12-26(20)19(27)28)6-8-16(15-9-7-14(21)11-23-15)24-17-4-3-5-18(25-17)31(22,29)30/h3-5,7,9,11,13,16H,6,8,10,12H2,1-2H3,(H,24,25)(H,27,28)(H2,22,29,30)/t13-,16?/m0/s1. The monoisotopic (exact) mass is 511 g/mol. The summed E-state index contributed by atoms with van der Waals surface area (Å²) >= 11 is 3.38. The van der Waals surface area contributed by atoms with Crippen LogP contribution in [0.1, 0.15) is 44.8 Å². The van der Waals surface area contributed by atoms with E-state index >= 15 is 0 Å². The summed E-state index contributed by atoms with van der Waals surface area (Å²) in [5, 5.41) is 17.7. The number of nitrogens with zero attached hydrogens (tertiary/aromatic N) is 3. The molecule has 11 heteroatoms. The summed E-state index contributed by atoms with van der Waals surface area (Å²) in [6.07, 6.45) is 3.02. The van der Waals surface area contributed by atoms with Gasteiger partial charge in [0.1, 0.15) is 5.82 Å². The van der Waals surface area contributed by atoms with Gasteiger partial charge in [0.25, 0.3) is 10.0 Å². The zero-order valence-electron chi connectivity index (χ0n) is 17.3. The molecule has 1 unspecified atom stereocenters. The van der Waals surface area contributed by atoms with Crippen molar-refractivity contribution >= 4 is 37.9 Å². The van der Waals surface area contributed by atoms with Gasteiger partial charge in [-0.1, -0.05) is 6.07 Å². The number of likely N-dealkylation sites (tertiary alicyclic amines) is 1. The van der Waals surface area contributed by atoms with Crippen LogP contribution in [0, 0.1) is 5.92 Å². The topological polar surface area (TPSA) is 139 Å². The number of amides is 1. The van der Waals surface area contributed by atoms with Crippen LogP contribution >= 0.6 is 15.9 Å². The van der Waals surface area contributed by atoms with Crippen molar-refractivity contribution in [2.45, 2.75) is 49.7 Å². The summed E-state index contributed by atoms with van der Waals surface area (Å²) < 4.78 is 24.1. The molecule has 0 aliphatic carbocycles. The Morgan fingerprint density at radius 3 is 2.71 bits per heavy atom. The molecule has 0 radical (unpaired) electrons. The Balaban J connectivity index is 1.78. The summed E-state index contributed by atoms with van der Waals surface area (Å²) in [6, 6.07) is 8.12. The van der Waals surface area contributed by atoms with E-state index in [0.29, 0.717) is 18.8 Å². The zero-order chi connectivity index (χ0) is 22.8. The van der Waals surface area contributed by atoms with E-state index in [9.17, 15) is 18.3 Å². The van der Waals surface area contributed by atoms with Gasteiger partial charge >= 0.3 is 6.09 Å². The van der Waals surface area contributed by atoms with Gasteiger partial charge in [-0.25, -0.2) is 23.3 Å². The van der Waals surface area contributed by atoms with Gasteiger partial charge in [-0.15, -0.1) is 0 Å². The maximum Gasteiger partial charge on any atom is 0.407 e. The Hall–Kier alpha value is -2.24. The van der Waals surface area contributed by atoms with Crippen molar-refractivity contribution in [1.29, 1.82) is 0 Å². The van der Waals surface area contributed by atoms with E-state index in [-0.39, 0.29) is 17.0 Å². The maximum absolute atomic E-state index is 11.6. The van der Waals surface area contributed by atoms with Crippen molar-refractivity contribution in [2.75, 3.05) is 11.9 Å². The van der Waals surface area contributed by atoms with Crippen LogP contribution in [0.5, 0.6) is 0 Å². The number of carboxylic acid groups (broad SMARTS) is 1. The molecule has 2 aromatic rings. The molecule has 1 aliphatic rings. The Bertz CT molecular complexity index is 1050. The summed E-state index contributed by atoms with van der Waals surface area (Å²) in [4.78, 5) is 21.6. The molecular formula is C20H26BrN5O4S. The van der Waals surface area contributed by atoms with Gasteiger partial charge in [-0.05, 0) is 79.2 Å². The fraction of sp³-hybridized carbons (Fsp3) is 0.450. The first kappa shape index (κ1) is 23.4. The number of nitrogens with one attached hydrogen (secondary N) is 1. The van der Waals surface area contributed by atoms with Crippen LogP contribution in [0.15, 0.2) is 46.0 Å². The van der Waals surface area contributed by atoms with Gasteiger partial charge in [0.2, 0.25) is 0 Å². The van der Waals surface area contributed by atoms with Crippen LogP contribution in [0.2, 0.25) is 0 Å². The molecule has 9 nitrogen and oxygen atoms in total. The highest BCUT2D eigenvalue weighted by atomic mass is 79.9. The van der Waals surface area contributed by atoms with Crippen molar-refractivity contribution < 1.29 is 18.3 Å². The van der Waals surface area contributed by atoms with Crippen molar-refractivity contribution in [3.63, 3.8) is 0 Å². The molecule has 3 heterocycles. The fourth-order valence-electron chi connectivity index (χ4n) is 4.04. The van der Waals surface area contributed by atoms with E-state index in [2.05, 4.69) is 31.2 Å². The molecule has 168 valence electrons. The molecule has 4 N–H and O–H groups in total. The third kappa shape index (κ3) is 5.92. The van der Waals surface area contributed by atoms with Crippen LogP contribution in [0.3, 0.4) is 0 Å². The minimum Gasteiger partial charge on any atom is -0.465 e. The quantitative estimate of drug-likeness (QED) is 0.515. The summed E-state index contributed by atoms with van der Waals surface area (Å²) in [5.41, 5.74) is 0.374. The number of anilines is 1. The smallest absolute Gasteiger partial charge is 0.407 e. The van der Waals surface area contributed by atoms with Crippen molar-refractivity contribution in [1.82, 2.24) is 14.9 Å². The predicted octanol–water partition coefficient (Wildman–Crippen LogP) is 3.60. The summed E-state index contributed by atoms with van der Waals surface area (Å²) in [7, 11) is -3.92. The van der Waals surface area contributed by atoms with Crippen LogP contribution in [0.4, 0.5) is 10.6 Å². The van der Waals surface area contributed by atoms with E-state index in [1.165, 1.54) is 11.0 Å². The first-order valence-corrected chi connectivity index (χ1v) is 12.2. The molecular weight excluding hydrogens is 486 g/mol. The SMILES string of the molecule is CC1(C)C[C@H](CCC(Nc2cccc(S(N)(=O)=O)n2)c2ccc(Br)cn2)CN1C(=O)O.